The van der Waals surface area contributed by atoms with Crippen molar-refractivity contribution in [2.45, 2.75) is 25.8 Å². The third-order valence-electron chi connectivity index (χ3n) is 2.95. The Balaban J connectivity index is 1.54. The number of nitrogens with zero attached hydrogens (tertiary/aromatic N) is 1. The molecule has 0 unspecified atom stereocenters. The fourth-order valence-electron chi connectivity index (χ4n) is 2.01. The first-order valence-corrected chi connectivity index (χ1v) is 6.63. The molecule has 1 aliphatic rings. The van der Waals surface area contributed by atoms with Crippen LogP contribution in [0, 0.1) is 5.92 Å². The highest BCUT2D eigenvalue weighted by Crippen LogP contribution is 2.14. The summed E-state index contributed by atoms with van der Waals surface area (Å²) in [6, 6.07) is 0. The second-order valence-corrected chi connectivity index (χ2v) is 5.06. The second kappa shape index (κ2) is 6.20. The largest absolute Gasteiger partial charge is 0.317 e. The van der Waals surface area contributed by atoms with Crippen LogP contribution in [0.5, 0.6) is 0 Å². The Morgan fingerprint density at radius 3 is 3.07 bits per heavy atom. The van der Waals surface area contributed by atoms with Crippen LogP contribution in [0.3, 0.4) is 0 Å². The van der Waals surface area contributed by atoms with Gasteiger partial charge in [-0.2, -0.15) is 0 Å². The smallest absolute Gasteiger partial charge is 0.106 e. The van der Waals surface area contributed by atoms with E-state index in [9.17, 15) is 0 Å². The molecule has 4 heteroatoms. The summed E-state index contributed by atoms with van der Waals surface area (Å²) in [6.45, 7) is 4.47. The molecule has 0 bridgehead atoms. The predicted octanol–water partition coefficient (Wildman–Crippen LogP) is 1.62. The Hall–Kier alpha value is -0.450. The molecule has 1 fully saturated rings. The molecule has 1 aromatic rings. The van der Waals surface area contributed by atoms with E-state index in [4.69, 9.17) is 0 Å². The van der Waals surface area contributed by atoms with Gasteiger partial charge in [-0.1, -0.05) is 0 Å². The van der Waals surface area contributed by atoms with E-state index < -0.39 is 0 Å². The van der Waals surface area contributed by atoms with E-state index >= 15 is 0 Å². The molecule has 0 atom stereocenters. The van der Waals surface area contributed by atoms with Crippen LogP contribution in [0.25, 0.3) is 0 Å². The van der Waals surface area contributed by atoms with Gasteiger partial charge in [0, 0.05) is 18.1 Å². The maximum absolute atomic E-state index is 4.25. The van der Waals surface area contributed by atoms with Gasteiger partial charge in [0.05, 0.1) is 0 Å². The summed E-state index contributed by atoms with van der Waals surface area (Å²) < 4.78 is 0. The van der Waals surface area contributed by atoms with Crippen molar-refractivity contribution in [2.24, 2.45) is 5.92 Å². The molecule has 0 aromatic carbocycles. The maximum atomic E-state index is 4.25. The average Bonchev–Trinajstić information content (AvgIpc) is 2.79. The van der Waals surface area contributed by atoms with Crippen LogP contribution in [0.2, 0.25) is 0 Å². The molecule has 1 saturated heterocycles. The summed E-state index contributed by atoms with van der Waals surface area (Å²) in [5.41, 5.74) is 0. The van der Waals surface area contributed by atoms with Gasteiger partial charge in [-0.15, -0.1) is 11.3 Å². The quantitative estimate of drug-likeness (QED) is 0.748. The molecule has 1 aliphatic heterocycles. The number of hydrogen-bond acceptors (Lipinski definition) is 4. The van der Waals surface area contributed by atoms with Crippen LogP contribution < -0.4 is 10.6 Å². The van der Waals surface area contributed by atoms with Crippen LogP contribution in [0.15, 0.2) is 11.6 Å². The highest BCUT2D eigenvalue weighted by atomic mass is 32.1. The van der Waals surface area contributed by atoms with Crippen molar-refractivity contribution in [1.82, 2.24) is 15.6 Å². The van der Waals surface area contributed by atoms with Crippen molar-refractivity contribution in [3.63, 3.8) is 0 Å². The van der Waals surface area contributed by atoms with Gasteiger partial charge in [0.2, 0.25) is 0 Å². The predicted molar refractivity (Wildman–Crippen MR) is 64.0 cm³/mol. The standard InChI is InChI=1S/C11H19N3S/c1-4-12-5-2-10(1)3-6-13-9-11-14-7-8-15-11/h7-8,10,12-13H,1-6,9H2. The molecule has 0 radical (unpaired) electrons. The summed E-state index contributed by atoms with van der Waals surface area (Å²) >= 11 is 1.73. The van der Waals surface area contributed by atoms with Crippen LogP contribution in [-0.4, -0.2) is 24.6 Å². The van der Waals surface area contributed by atoms with Gasteiger partial charge in [-0.05, 0) is 44.8 Å². The minimum absolute atomic E-state index is 0.926. The van der Waals surface area contributed by atoms with Gasteiger partial charge < -0.3 is 10.6 Å². The normalized spacial score (nSPS) is 18.1. The first-order chi connectivity index (χ1) is 7.45. The fraction of sp³-hybridized carbons (Fsp3) is 0.727. The molecule has 2 N–H and O–H groups in total. The Morgan fingerprint density at radius 1 is 1.47 bits per heavy atom. The molecule has 2 rings (SSSR count). The number of aromatic nitrogens is 1. The summed E-state index contributed by atoms with van der Waals surface area (Å²) in [5, 5.41) is 10.1. The van der Waals surface area contributed by atoms with Crippen molar-refractivity contribution in [3.8, 4) is 0 Å². The molecular formula is C11H19N3S. The molecule has 3 nitrogen and oxygen atoms in total. The molecule has 1 aromatic heterocycles. The minimum Gasteiger partial charge on any atom is -0.317 e. The lowest BCUT2D eigenvalue weighted by molar-refractivity contribution is 0.348. The van der Waals surface area contributed by atoms with Gasteiger partial charge in [0.1, 0.15) is 5.01 Å². The van der Waals surface area contributed by atoms with E-state index in [-0.39, 0.29) is 0 Å². The Kier molecular flexibility index (Phi) is 4.57. The van der Waals surface area contributed by atoms with E-state index in [1.165, 1.54) is 37.4 Å². The van der Waals surface area contributed by atoms with Crippen LogP contribution in [-0.2, 0) is 6.54 Å². The fourth-order valence-corrected chi connectivity index (χ4v) is 2.60. The monoisotopic (exact) mass is 225 g/mol. The number of hydrogen-bond donors (Lipinski definition) is 2. The Morgan fingerprint density at radius 2 is 2.33 bits per heavy atom. The van der Waals surface area contributed by atoms with Crippen molar-refractivity contribution < 1.29 is 0 Å². The average molecular weight is 225 g/mol. The number of thiazole rings is 1. The van der Waals surface area contributed by atoms with Crippen LogP contribution in [0.1, 0.15) is 24.3 Å². The van der Waals surface area contributed by atoms with E-state index in [0.29, 0.717) is 0 Å². The zero-order valence-electron chi connectivity index (χ0n) is 9.04. The van der Waals surface area contributed by atoms with E-state index in [0.717, 1.165) is 19.0 Å². The van der Waals surface area contributed by atoms with E-state index in [1.807, 2.05) is 11.6 Å². The van der Waals surface area contributed by atoms with Crippen molar-refractivity contribution in [1.29, 1.82) is 0 Å². The molecule has 0 amide bonds. The lowest BCUT2D eigenvalue weighted by atomic mass is 9.95. The number of rotatable bonds is 5. The van der Waals surface area contributed by atoms with Crippen LogP contribution >= 0.6 is 11.3 Å². The molecule has 84 valence electrons. The third kappa shape index (κ3) is 3.89. The van der Waals surface area contributed by atoms with Gasteiger partial charge in [0.15, 0.2) is 0 Å². The highest BCUT2D eigenvalue weighted by Gasteiger charge is 2.11. The maximum Gasteiger partial charge on any atom is 0.106 e. The summed E-state index contributed by atoms with van der Waals surface area (Å²) in [4.78, 5) is 4.25. The molecule has 0 saturated carbocycles. The highest BCUT2D eigenvalue weighted by molar-refractivity contribution is 7.09. The van der Waals surface area contributed by atoms with E-state index in [2.05, 4.69) is 15.6 Å². The molecular weight excluding hydrogens is 206 g/mol. The summed E-state index contributed by atoms with van der Waals surface area (Å²) in [6.07, 6.45) is 5.87. The van der Waals surface area contributed by atoms with Gasteiger partial charge in [0.25, 0.3) is 0 Å². The molecule has 0 aliphatic carbocycles. The third-order valence-corrected chi connectivity index (χ3v) is 3.73. The van der Waals surface area contributed by atoms with E-state index in [1.54, 1.807) is 11.3 Å². The zero-order valence-corrected chi connectivity index (χ0v) is 9.85. The van der Waals surface area contributed by atoms with Crippen molar-refractivity contribution in [2.75, 3.05) is 19.6 Å². The SMILES string of the molecule is c1csc(CNCCC2CCNCC2)n1. The van der Waals surface area contributed by atoms with Crippen molar-refractivity contribution in [3.05, 3.63) is 16.6 Å². The summed E-state index contributed by atoms with van der Waals surface area (Å²) in [7, 11) is 0. The molecule has 15 heavy (non-hydrogen) atoms. The van der Waals surface area contributed by atoms with Gasteiger partial charge >= 0.3 is 0 Å². The van der Waals surface area contributed by atoms with Crippen molar-refractivity contribution >= 4 is 11.3 Å². The summed E-state index contributed by atoms with van der Waals surface area (Å²) in [5.74, 6) is 0.926. The Labute approximate surface area is 95.3 Å². The van der Waals surface area contributed by atoms with Gasteiger partial charge in [-0.25, -0.2) is 4.98 Å². The second-order valence-electron chi connectivity index (χ2n) is 4.08. The van der Waals surface area contributed by atoms with Crippen LogP contribution in [0.4, 0.5) is 0 Å². The molecule has 2 heterocycles. The number of piperidine rings is 1. The zero-order chi connectivity index (χ0) is 10.3. The topological polar surface area (TPSA) is 37.0 Å². The molecule has 0 spiro atoms. The first-order valence-electron chi connectivity index (χ1n) is 5.75. The lowest BCUT2D eigenvalue weighted by Crippen LogP contribution is -2.29. The lowest BCUT2D eigenvalue weighted by Gasteiger charge is -2.22. The first kappa shape index (κ1) is 11.0. The Bertz CT molecular complexity index is 255. The van der Waals surface area contributed by atoms with Gasteiger partial charge in [-0.3, -0.25) is 0 Å². The number of nitrogens with one attached hydrogen (secondary N) is 2. The minimum atomic E-state index is 0.926.